The number of anilines is 1. The third kappa shape index (κ3) is 4.51. The summed E-state index contributed by atoms with van der Waals surface area (Å²) in [4.78, 5) is 28.3. The third-order valence-electron chi connectivity index (χ3n) is 7.82. The van der Waals surface area contributed by atoms with Crippen LogP contribution in [0.25, 0.3) is 22.2 Å². The molecule has 0 radical (unpaired) electrons. The lowest BCUT2D eigenvalue weighted by Gasteiger charge is -2.41. The second-order valence-corrected chi connectivity index (χ2v) is 10.2. The fourth-order valence-electron chi connectivity index (χ4n) is 5.87. The van der Waals surface area contributed by atoms with Gasteiger partial charge in [-0.15, -0.1) is 0 Å². The van der Waals surface area contributed by atoms with Gasteiger partial charge in [0.2, 0.25) is 0 Å². The van der Waals surface area contributed by atoms with E-state index in [1.807, 2.05) is 90.0 Å². The predicted octanol–water partition coefficient (Wildman–Crippen LogP) is 7.49. The number of fused-ring (bicyclic) bond motifs is 3. The molecule has 7 nitrogen and oxygen atoms in total. The molecule has 7 heteroatoms. The Morgan fingerprint density at radius 3 is 2.34 bits per heavy atom. The van der Waals surface area contributed by atoms with Crippen molar-refractivity contribution >= 4 is 22.6 Å². The molecule has 2 atom stereocenters. The highest BCUT2D eigenvalue weighted by Gasteiger charge is 2.42. The first kappa shape index (κ1) is 24.7. The van der Waals surface area contributed by atoms with Crippen LogP contribution in [0.4, 0.5) is 10.5 Å². The molecule has 2 aromatic heterocycles. The quantitative estimate of drug-likeness (QED) is 0.212. The maximum Gasteiger partial charge on any atom is 0.323 e. The summed E-state index contributed by atoms with van der Waals surface area (Å²) < 4.78 is 5.45. The number of carbonyl (C=O) groups excluding carboxylic acids is 1. The van der Waals surface area contributed by atoms with Crippen LogP contribution in [0, 0.1) is 0 Å². The van der Waals surface area contributed by atoms with Crippen LogP contribution in [0.5, 0.6) is 5.75 Å². The Hall–Kier alpha value is -5.30. The van der Waals surface area contributed by atoms with Gasteiger partial charge in [-0.25, -0.2) is 9.78 Å². The van der Waals surface area contributed by atoms with Crippen molar-refractivity contribution in [2.24, 2.45) is 0 Å². The Labute approximate surface area is 237 Å². The lowest BCUT2D eigenvalue weighted by molar-refractivity contribution is 0.154. The summed E-state index contributed by atoms with van der Waals surface area (Å²) in [5.41, 5.74) is 6.90. The minimum Gasteiger partial charge on any atom is -0.497 e. The van der Waals surface area contributed by atoms with Crippen molar-refractivity contribution in [2.75, 3.05) is 12.4 Å². The number of carbonyl (C=O) groups is 1. The molecule has 3 N–H and O–H groups in total. The smallest absolute Gasteiger partial charge is 0.323 e. The zero-order valence-electron chi connectivity index (χ0n) is 22.5. The molecular weight excluding hydrogens is 510 g/mol. The number of hydrogen-bond acceptors (Lipinski definition) is 3. The molecule has 6 aromatic rings. The Balaban J connectivity index is 1.40. The van der Waals surface area contributed by atoms with Crippen LogP contribution in [0.15, 0.2) is 115 Å². The fourth-order valence-corrected chi connectivity index (χ4v) is 5.87. The van der Waals surface area contributed by atoms with Crippen LogP contribution < -0.4 is 10.1 Å². The second-order valence-electron chi connectivity index (χ2n) is 10.2. The molecule has 0 bridgehead atoms. The number of aromatic nitrogens is 3. The van der Waals surface area contributed by atoms with Gasteiger partial charge in [0, 0.05) is 28.7 Å². The van der Waals surface area contributed by atoms with Crippen LogP contribution in [0.2, 0.25) is 0 Å². The first-order chi connectivity index (χ1) is 20.2. The summed E-state index contributed by atoms with van der Waals surface area (Å²) in [7, 11) is 1.66. The van der Waals surface area contributed by atoms with Gasteiger partial charge < -0.3 is 24.9 Å². The van der Waals surface area contributed by atoms with Crippen molar-refractivity contribution in [3.05, 3.63) is 138 Å². The minimum absolute atomic E-state index is 0.205. The largest absolute Gasteiger partial charge is 0.497 e. The van der Waals surface area contributed by atoms with Gasteiger partial charge in [-0.3, -0.25) is 0 Å². The van der Waals surface area contributed by atoms with E-state index in [0.717, 1.165) is 50.7 Å². The average Bonchev–Trinajstić information content (AvgIpc) is 3.67. The summed E-state index contributed by atoms with van der Waals surface area (Å²) in [5, 5.41) is 4.30. The molecule has 1 aliphatic rings. The number of para-hydroxylation sites is 2. The van der Waals surface area contributed by atoms with Gasteiger partial charge in [0.1, 0.15) is 11.6 Å². The van der Waals surface area contributed by atoms with E-state index >= 15 is 0 Å². The highest BCUT2D eigenvalue weighted by atomic mass is 16.5. The predicted molar refractivity (Wildman–Crippen MR) is 161 cm³/mol. The summed E-state index contributed by atoms with van der Waals surface area (Å²) in [6.07, 6.45) is 2.46. The monoisotopic (exact) mass is 539 g/mol. The Morgan fingerprint density at radius 1 is 0.878 bits per heavy atom. The van der Waals surface area contributed by atoms with E-state index in [-0.39, 0.29) is 12.1 Å². The molecule has 2 unspecified atom stereocenters. The number of imidazole rings is 1. The van der Waals surface area contributed by atoms with E-state index in [4.69, 9.17) is 9.72 Å². The van der Waals surface area contributed by atoms with Crippen molar-refractivity contribution < 1.29 is 9.53 Å². The van der Waals surface area contributed by atoms with Crippen molar-refractivity contribution in [2.45, 2.75) is 18.5 Å². The normalized spacial score (nSPS) is 16.4. The molecule has 0 aliphatic carbocycles. The van der Waals surface area contributed by atoms with E-state index < -0.39 is 6.04 Å². The number of aromatic amines is 2. The Kier molecular flexibility index (Phi) is 6.24. The summed E-state index contributed by atoms with van der Waals surface area (Å²) >= 11 is 0. The second kappa shape index (κ2) is 10.4. The zero-order chi connectivity index (χ0) is 27.8. The van der Waals surface area contributed by atoms with E-state index in [2.05, 4.69) is 45.6 Å². The molecule has 202 valence electrons. The molecule has 2 amide bonds. The SMILES string of the molecule is COc1ccc(C2c3[nH]c4ccccc4c3CC(c3ncc(-c4ccccc4)[nH]3)N2C(=O)Nc2ccccc2)cc1. The van der Waals surface area contributed by atoms with Gasteiger partial charge in [-0.2, -0.15) is 0 Å². The van der Waals surface area contributed by atoms with Gasteiger partial charge in [-0.1, -0.05) is 78.9 Å². The zero-order valence-corrected chi connectivity index (χ0v) is 22.5. The maximum atomic E-state index is 14.3. The van der Waals surface area contributed by atoms with E-state index in [1.165, 1.54) is 5.56 Å². The lowest BCUT2D eigenvalue weighted by Crippen LogP contribution is -2.45. The molecule has 0 saturated heterocycles. The van der Waals surface area contributed by atoms with Gasteiger partial charge in [-0.05, 0) is 47.0 Å². The number of rotatable bonds is 5. The summed E-state index contributed by atoms with van der Waals surface area (Å²) in [6, 6.07) is 35.0. The molecule has 0 fully saturated rings. The van der Waals surface area contributed by atoms with E-state index in [9.17, 15) is 4.79 Å². The van der Waals surface area contributed by atoms with Crippen LogP contribution in [0.1, 0.15) is 34.7 Å². The van der Waals surface area contributed by atoms with Crippen LogP contribution in [-0.2, 0) is 6.42 Å². The first-order valence-corrected chi connectivity index (χ1v) is 13.7. The van der Waals surface area contributed by atoms with Gasteiger partial charge in [0.05, 0.1) is 31.1 Å². The molecule has 0 spiro atoms. The van der Waals surface area contributed by atoms with E-state index in [0.29, 0.717) is 6.42 Å². The number of amides is 2. The van der Waals surface area contributed by atoms with Crippen molar-refractivity contribution in [1.82, 2.24) is 19.9 Å². The number of ether oxygens (including phenoxy) is 1. The molecule has 0 saturated carbocycles. The Bertz CT molecular complexity index is 1810. The minimum atomic E-state index is -0.393. The molecule has 7 rings (SSSR count). The fraction of sp³-hybridized carbons (Fsp3) is 0.118. The molecule has 41 heavy (non-hydrogen) atoms. The van der Waals surface area contributed by atoms with E-state index in [1.54, 1.807) is 7.11 Å². The topological polar surface area (TPSA) is 86.0 Å². The van der Waals surface area contributed by atoms with Crippen LogP contribution >= 0.6 is 0 Å². The molecule has 3 heterocycles. The maximum absolute atomic E-state index is 14.3. The number of methoxy groups -OCH3 is 1. The van der Waals surface area contributed by atoms with Gasteiger partial charge in [0.25, 0.3) is 0 Å². The van der Waals surface area contributed by atoms with Crippen molar-refractivity contribution in [1.29, 1.82) is 0 Å². The molecule has 4 aromatic carbocycles. The first-order valence-electron chi connectivity index (χ1n) is 13.7. The summed E-state index contributed by atoms with van der Waals surface area (Å²) in [6.45, 7) is 0. The summed E-state index contributed by atoms with van der Waals surface area (Å²) in [5.74, 6) is 1.50. The number of benzene rings is 4. The van der Waals surface area contributed by atoms with Crippen LogP contribution in [0.3, 0.4) is 0 Å². The highest BCUT2D eigenvalue weighted by molar-refractivity contribution is 5.92. The van der Waals surface area contributed by atoms with Crippen molar-refractivity contribution in [3.8, 4) is 17.0 Å². The third-order valence-corrected chi connectivity index (χ3v) is 7.82. The van der Waals surface area contributed by atoms with Crippen molar-refractivity contribution in [3.63, 3.8) is 0 Å². The highest BCUT2D eigenvalue weighted by Crippen LogP contribution is 2.46. The van der Waals surface area contributed by atoms with Gasteiger partial charge >= 0.3 is 6.03 Å². The van der Waals surface area contributed by atoms with Gasteiger partial charge in [0.15, 0.2) is 0 Å². The number of urea groups is 1. The lowest BCUT2D eigenvalue weighted by atomic mass is 9.88. The van der Waals surface area contributed by atoms with Crippen LogP contribution in [-0.4, -0.2) is 33.0 Å². The standard InChI is InChI=1S/C34H29N5O2/c1-41-25-18-16-23(17-19-25)32-31-27(26-14-8-9-15-28(26)37-31)20-30(39(32)34(40)36-24-12-6-3-7-13-24)33-35-21-29(38-33)22-10-4-2-5-11-22/h2-19,21,30,32,37H,20H2,1H3,(H,35,38)(H,36,40). The Morgan fingerprint density at radius 2 is 1.59 bits per heavy atom. The molecule has 1 aliphatic heterocycles. The molecular formula is C34H29N5O2. The number of nitrogens with zero attached hydrogens (tertiary/aromatic N) is 2. The number of hydrogen-bond donors (Lipinski definition) is 3. The average molecular weight is 540 g/mol. The number of nitrogens with one attached hydrogen (secondary N) is 3. The number of H-pyrrole nitrogens is 2.